The fourth-order valence-electron chi connectivity index (χ4n) is 4.41. The van der Waals surface area contributed by atoms with Crippen LogP contribution in [0.2, 0.25) is 0 Å². The van der Waals surface area contributed by atoms with E-state index in [0.29, 0.717) is 36.8 Å². The molecule has 170 valence electrons. The fraction of sp³-hybridized carbons (Fsp3) is 0.481. The van der Waals surface area contributed by atoms with E-state index >= 15 is 0 Å². The van der Waals surface area contributed by atoms with Crippen molar-refractivity contribution >= 4 is 11.8 Å². The Balaban J connectivity index is 1.61. The van der Waals surface area contributed by atoms with Crippen molar-refractivity contribution in [1.29, 1.82) is 0 Å². The van der Waals surface area contributed by atoms with E-state index in [-0.39, 0.29) is 17.9 Å². The zero-order valence-corrected chi connectivity index (χ0v) is 19.0. The topological polar surface area (TPSA) is 49.9 Å². The van der Waals surface area contributed by atoms with Crippen molar-refractivity contribution in [2.75, 3.05) is 26.7 Å². The maximum atomic E-state index is 13.3. The third-order valence-corrected chi connectivity index (χ3v) is 6.52. The number of amides is 2. The number of nitrogens with zero attached hydrogens (tertiary/aromatic N) is 2. The van der Waals surface area contributed by atoms with E-state index in [1.807, 2.05) is 49.5 Å². The maximum Gasteiger partial charge on any atom is 0.257 e. The van der Waals surface area contributed by atoms with Gasteiger partial charge in [-0.1, -0.05) is 42.5 Å². The van der Waals surface area contributed by atoms with Crippen LogP contribution in [0.25, 0.3) is 0 Å². The van der Waals surface area contributed by atoms with Gasteiger partial charge in [-0.25, -0.2) is 0 Å². The Kier molecular flexibility index (Phi) is 7.46. The number of carbonyl (C=O) groups excluding carboxylic acids is 2. The van der Waals surface area contributed by atoms with Crippen LogP contribution in [-0.2, 0) is 11.2 Å². The van der Waals surface area contributed by atoms with Crippen LogP contribution in [0, 0.1) is 5.92 Å². The predicted octanol–water partition coefficient (Wildman–Crippen LogP) is 4.56. The molecule has 2 amide bonds. The molecule has 1 atom stereocenters. The van der Waals surface area contributed by atoms with Gasteiger partial charge in [-0.15, -0.1) is 0 Å². The van der Waals surface area contributed by atoms with E-state index in [4.69, 9.17) is 4.74 Å². The molecule has 2 aromatic rings. The number of benzene rings is 2. The normalized spacial score (nSPS) is 20.4. The van der Waals surface area contributed by atoms with Gasteiger partial charge in [-0.2, -0.15) is 0 Å². The molecule has 0 saturated heterocycles. The molecule has 0 radical (unpaired) electrons. The summed E-state index contributed by atoms with van der Waals surface area (Å²) in [6.45, 7) is 1.82. The number of hydrogen-bond donors (Lipinski definition) is 0. The smallest absolute Gasteiger partial charge is 0.257 e. The molecular weight excluding hydrogens is 400 g/mol. The predicted molar refractivity (Wildman–Crippen MR) is 126 cm³/mol. The van der Waals surface area contributed by atoms with Crippen LogP contribution in [0.4, 0.5) is 0 Å². The summed E-state index contributed by atoms with van der Waals surface area (Å²) in [5.41, 5.74) is 1.78. The highest BCUT2D eigenvalue weighted by Gasteiger charge is 2.31. The summed E-state index contributed by atoms with van der Waals surface area (Å²) < 4.78 is 6.26. The number of ether oxygens (including phenoxy) is 1. The van der Waals surface area contributed by atoms with Gasteiger partial charge in [0.1, 0.15) is 12.4 Å². The monoisotopic (exact) mass is 434 g/mol. The Morgan fingerprint density at radius 1 is 0.969 bits per heavy atom. The van der Waals surface area contributed by atoms with Gasteiger partial charge in [0.25, 0.3) is 5.91 Å². The summed E-state index contributed by atoms with van der Waals surface area (Å²) in [5.74, 6) is 1.38. The molecule has 4 rings (SSSR count). The van der Waals surface area contributed by atoms with Gasteiger partial charge in [0.15, 0.2) is 0 Å². The number of rotatable bonds is 4. The molecular formula is C27H34N2O3. The Hall–Kier alpha value is -2.82. The van der Waals surface area contributed by atoms with E-state index in [1.54, 1.807) is 4.90 Å². The van der Waals surface area contributed by atoms with Crippen LogP contribution in [0.3, 0.4) is 0 Å². The van der Waals surface area contributed by atoms with Crippen molar-refractivity contribution in [3.63, 3.8) is 0 Å². The first-order valence-electron chi connectivity index (χ1n) is 11.9. The summed E-state index contributed by atoms with van der Waals surface area (Å²) in [6, 6.07) is 17.7. The summed E-state index contributed by atoms with van der Waals surface area (Å²) in [5, 5.41) is 0. The number of fused-ring (bicyclic) bond motifs is 1. The minimum Gasteiger partial charge on any atom is -0.491 e. The largest absolute Gasteiger partial charge is 0.491 e. The van der Waals surface area contributed by atoms with Crippen LogP contribution in [0.1, 0.15) is 54.4 Å². The molecule has 0 N–H and O–H groups in total. The second-order valence-corrected chi connectivity index (χ2v) is 9.17. The minimum absolute atomic E-state index is 0.0128. The number of hydrogen-bond acceptors (Lipinski definition) is 3. The first-order chi connectivity index (χ1) is 15.6. The molecule has 2 aromatic carbocycles. The summed E-state index contributed by atoms with van der Waals surface area (Å²) in [4.78, 5) is 30.1. The van der Waals surface area contributed by atoms with E-state index in [9.17, 15) is 9.59 Å². The Morgan fingerprint density at radius 2 is 1.69 bits per heavy atom. The molecule has 1 fully saturated rings. The molecule has 0 spiro atoms. The molecule has 2 aliphatic rings. The third kappa shape index (κ3) is 5.90. The van der Waals surface area contributed by atoms with E-state index in [1.165, 1.54) is 18.4 Å². The van der Waals surface area contributed by atoms with Gasteiger partial charge in [0, 0.05) is 26.6 Å². The van der Waals surface area contributed by atoms with Crippen LogP contribution >= 0.6 is 0 Å². The van der Waals surface area contributed by atoms with Crippen molar-refractivity contribution in [1.82, 2.24) is 9.80 Å². The van der Waals surface area contributed by atoms with Crippen LogP contribution < -0.4 is 4.74 Å². The average Bonchev–Trinajstić information content (AvgIpc) is 3.62. The second-order valence-electron chi connectivity index (χ2n) is 9.17. The van der Waals surface area contributed by atoms with Crippen molar-refractivity contribution in [2.45, 2.75) is 51.0 Å². The fourth-order valence-corrected chi connectivity index (χ4v) is 4.41. The minimum atomic E-state index is -0.0645. The molecule has 1 saturated carbocycles. The highest BCUT2D eigenvalue weighted by Crippen LogP contribution is 2.33. The summed E-state index contributed by atoms with van der Waals surface area (Å²) in [6.07, 6.45) is 6.58. The van der Waals surface area contributed by atoms with Crippen molar-refractivity contribution in [3.05, 3.63) is 65.7 Å². The highest BCUT2D eigenvalue weighted by atomic mass is 16.5. The van der Waals surface area contributed by atoms with Gasteiger partial charge in [-0.3, -0.25) is 9.59 Å². The highest BCUT2D eigenvalue weighted by molar-refractivity contribution is 5.96. The third-order valence-electron chi connectivity index (χ3n) is 6.52. The molecule has 1 aliphatic carbocycles. The quantitative estimate of drug-likeness (QED) is 0.709. The summed E-state index contributed by atoms with van der Waals surface area (Å²) >= 11 is 0. The van der Waals surface area contributed by atoms with Gasteiger partial charge < -0.3 is 14.5 Å². The van der Waals surface area contributed by atoms with Crippen molar-refractivity contribution in [2.24, 2.45) is 5.92 Å². The zero-order chi connectivity index (χ0) is 22.3. The van der Waals surface area contributed by atoms with Gasteiger partial charge in [0.2, 0.25) is 5.91 Å². The molecule has 0 aromatic heterocycles. The first kappa shape index (κ1) is 22.4. The Bertz CT molecular complexity index is 910. The van der Waals surface area contributed by atoms with Gasteiger partial charge in [-0.05, 0) is 62.1 Å². The molecule has 0 unspecified atom stereocenters. The number of carbonyl (C=O) groups is 2. The second kappa shape index (κ2) is 10.7. The Morgan fingerprint density at radius 3 is 2.47 bits per heavy atom. The molecule has 32 heavy (non-hydrogen) atoms. The van der Waals surface area contributed by atoms with Crippen molar-refractivity contribution in [3.8, 4) is 5.75 Å². The molecule has 5 nitrogen and oxygen atoms in total. The summed E-state index contributed by atoms with van der Waals surface area (Å²) in [7, 11) is 1.85. The van der Waals surface area contributed by atoms with E-state index < -0.39 is 0 Å². The lowest BCUT2D eigenvalue weighted by Gasteiger charge is -2.32. The zero-order valence-electron chi connectivity index (χ0n) is 19.0. The van der Waals surface area contributed by atoms with E-state index in [0.717, 1.165) is 32.2 Å². The maximum absolute atomic E-state index is 13.3. The molecule has 1 aliphatic heterocycles. The van der Waals surface area contributed by atoms with Gasteiger partial charge in [0.05, 0.1) is 11.6 Å². The molecule has 5 heteroatoms. The first-order valence-corrected chi connectivity index (χ1v) is 11.9. The average molecular weight is 435 g/mol. The van der Waals surface area contributed by atoms with E-state index in [2.05, 4.69) is 17.0 Å². The SMILES string of the molecule is CN1CCCCCN(C(=O)CC2CC2)[C@@H](Cc2ccccc2)COc2ccccc2C1=O. The standard InChI is InChI=1S/C27H34N2O3/c1-28-16-8-3-9-17-29(26(30)19-22-14-15-22)23(18-21-10-4-2-5-11-21)20-32-25-13-7-6-12-24(25)27(28)31/h2,4-7,10-13,22-23H,3,8-9,14-20H2,1H3/t23-/m0/s1. The van der Waals surface area contributed by atoms with Crippen molar-refractivity contribution < 1.29 is 14.3 Å². The number of para-hydroxylation sites is 1. The lowest BCUT2D eigenvalue weighted by molar-refractivity contribution is -0.134. The molecule has 1 heterocycles. The van der Waals surface area contributed by atoms with Crippen LogP contribution in [0.15, 0.2) is 54.6 Å². The van der Waals surface area contributed by atoms with Gasteiger partial charge >= 0.3 is 0 Å². The van der Waals surface area contributed by atoms with Crippen LogP contribution in [-0.4, -0.2) is 54.4 Å². The van der Waals surface area contributed by atoms with Crippen LogP contribution in [0.5, 0.6) is 5.75 Å². The molecule has 0 bridgehead atoms. The lowest BCUT2D eigenvalue weighted by atomic mass is 10.0. The lowest BCUT2D eigenvalue weighted by Crippen LogP contribution is -2.45. The Labute approximate surface area is 191 Å².